The van der Waals surface area contributed by atoms with Crippen LogP contribution in [0.15, 0.2) is 72.8 Å². The molecule has 1 unspecified atom stereocenters. The second-order valence-electron chi connectivity index (χ2n) is 8.19. The fourth-order valence-corrected chi connectivity index (χ4v) is 4.51. The Morgan fingerprint density at radius 1 is 1.00 bits per heavy atom. The first-order chi connectivity index (χ1) is 15.6. The summed E-state index contributed by atoms with van der Waals surface area (Å²) in [5, 5.41) is 2.91. The van der Waals surface area contributed by atoms with Crippen LogP contribution in [0.25, 0.3) is 0 Å². The van der Waals surface area contributed by atoms with Gasteiger partial charge in [-0.05, 0) is 61.7 Å². The summed E-state index contributed by atoms with van der Waals surface area (Å²) in [7, 11) is -3.66. The number of carbonyl (C=O) groups is 1. The largest absolute Gasteiger partial charge is 0.489 e. The van der Waals surface area contributed by atoms with Crippen molar-refractivity contribution in [3.8, 4) is 5.75 Å². The molecule has 0 saturated heterocycles. The Morgan fingerprint density at radius 3 is 2.27 bits per heavy atom. The summed E-state index contributed by atoms with van der Waals surface area (Å²) in [4.78, 5) is 12.7. The predicted octanol–water partition coefficient (Wildman–Crippen LogP) is 4.53. The van der Waals surface area contributed by atoms with E-state index in [4.69, 9.17) is 4.74 Å². The molecule has 0 aromatic heterocycles. The maximum Gasteiger partial charge on any atom is 0.241 e. The van der Waals surface area contributed by atoms with Crippen LogP contribution in [0.3, 0.4) is 0 Å². The van der Waals surface area contributed by atoms with Gasteiger partial charge < -0.3 is 10.1 Å². The Balaban J connectivity index is 1.67. The van der Waals surface area contributed by atoms with Gasteiger partial charge in [-0.15, -0.1) is 0 Å². The number of nitrogens with one attached hydrogen (secondary N) is 1. The molecule has 6 nitrogen and oxygen atoms in total. The van der Waals surface area contributed by atoms with Crippen molar-refractivity contribution in [1.29, 1.82) is 0 Å². The Kier molecular flexibility index (Phi) is 7.76. The lowest BCUT2D eigenvalue weighted by molar-refractivity contribution is -0.120. The zero-order chi connectivity index (χ0) is 24.0. The van der Waals surface area contributed by atoms with Gasteiger partial charge in [0.05, 0.1) is 18.0 Å². The number of aryl methyl sites for hydroxylation is 2. The Morgan fingerprint density at radius 2 is 1.67 bits per heavy atom. The minimum atomic E-state index is -3.66. The molecule has 0 spiro atoms. The highest BCUT2D eigenvalue weighted by atomic mass is 32.2. The lowest BCUT2D eigenvalue weighted by atomic mass is 10.0. The molecule has 3 rings (SSSR count). The van der Waals surface area contributed by atoms with Crippen molar-refractivity contribution in [2.24, 2.45) is 0 Å². The van der Waals surface area contributed by atoms with Gasteiger partial charge in [-0.3, -0.25) is 9.10 Å². The molecule has 1 amide bonds. The third-order valence-electron chi connectivity index (χ3n) is 5.33. The molecule has 33 heavy (non-hydrogen) atoms. The predicted molar refractivity (Wildman–Crippen MR) is 132 cm³/mol. The number of hydrogen-bond donors (Lipinski definition) is 1. The van der Waals surface area contributed by atoms with Crippen molar-refractivity contribution in [1.82, 2.24) is 5.32 Å². The van der Waals surface area contributed by atoms with Gasteiger partial charge in [0.15, 0.2) is 0 Å². The standard InChI is InChI=1S/C26H30N2O4S/c1-19-10-15-25(20(2)16-19)21(3)27-26(29)17-28(33(4,30)31)23-11-13-24(14-12-23)32-18-22-8-6-5-7-9-22/h5-16,21H,17-18H2,1-4H3,(H,27,29). The number of anilines is 1. The van der Waals surface area contributed by atoms with Crippen LogP contribution in [0, 0.1) is 13.8 Å². The summed E-state index contributed by atoms with van der Waals surface area (Å²) in [5.41, 5.74) is 4.66. The molecule has 3 aromatic rings. The van der Waals surface area contributed by atoms with Crippen LogP contribution in [-0.4, -0.2) is 27.1 Å². The molecule has 0 heterocycles. The number of carbonyl (C=O) groups excluding carboxylic acids is 1. The maximum atomic E-state index is 12.7. The average Bonchev–Trinajstić information content (AvgIpc) is 2.76. The Bertz CT molecular complexity index is 1190. The first-order valence-electron chi connectivity index (χ1n) is 10.7. The van der Waals surface area contributed by atoms with Crippen LogP contribution in [0.1, 0.15) is 35.2 Å². The molecule has 0 aliphatic heterocycles. The summed E-state index contributed by atoms with van der Waals surface area (Å²) in [6.07, 6.45) is 1.09. The van der Waals surface area contributed by atoms with E-state index >= 15 is 0 Å². The van der Waals surface area contributed by atoms with Gasteiger partial charge in [-0.25, -0.2) is 8.42 Å². The van der Waals surface area contributed by atoms with E-state index in [1.54, 1.807) is 24.3 Å². The van der Waals surface area contributed by atoms with Crippen LogP contribution in [0.5, 0.6) is 5.75 Å². The first-order valence-corrected chi connectivity index (χ1v) is 12.6. The average molecular weight is 467 g/mol. The van der Waals surface area contributed by atoms with Gasteiger partial charge in [-0.1, -0.05) is 54.1 Å². The number of hydrogen-bond acceptors (Lipinski definition) is 4. The highest BCUT2D eigenvalue weighted by molar-refractivity contribution is 7.92. The molecule has 1 atom stereocenters. The smallest absolute Gasteiger partial charge is 0.241 e. The van der Waals surface area contributed by atoms with Gasteiger partial charge >= 0.3 is 0 Å². The van der Waals surface area contributed by atoms with Crippen molar-refractivity contribution in [2.45, 2.75) is 33.4 Å². The third-order valence-corrected chi connectivity index (χ3v) is 6.47. The van der Waals surface area contributed by atoms with Gasteiger partial charge in [0, 0.05) is 0 Å². The first kappa shape index (κ1) is 24.3. The van der Waals surface area contributed by atoms with E-state index in [1.165, 1.54) is 0 Å². The van der Waals surface area contributed by atoms with E-state index in [9.17, 15) is 13.2 Å². The molecule has 0 saturated carbocycles. The monoisotopic (exact) mass is 466 g/mol. The Labute approximate surface area is 196 Å². The number of ether oxygens (including phenoxy) is 1. The minimum Gasteiger partial charge on any atom is -0.489 e. The van der Waals surface area contributed by atoms with E-state index in [0.717, 1.165) is 32.8 Å². The Hall–Kier alpha value is -3.32. The molecule has 0 radical (unpaired) electrons. The molecule has 3 aromatic carbocycles. The molecule has 1 N–H and O–H groups in total. The van der Waals surface area contributed by atoms with E-state index in [0.29, 0.717) is 18.0 Å². The van der Waals surface area contributed by atoms with Crippen LogP contribution in [0.4, 0.5) is 5.69 Å². The van der Waals surface area contributed by atoms with Gasteiger partial charge in [0.25, 0.3) is 0 Å². The van der Waals surface area contributed by atoms with Crippen molar-refractivity contribution < 1.29 is 17.9 Å². The molecule has 0 aliphatic carbocycles. The van der Waals surface area contributed by atoms with Gasteiger partial charge in [0.2, 0.25) is 15.9 Å². The van der Waals surface area contributed by atoms with Crippen LogP contribution < -0.4 is 14.4 Å². The maximum absolute atomic E-state index is 12.7. The normalized spacial score (nSPS) is 12.1. The second-order valence-corrected chi connectivity index (χ2v) is 10.1. The van der Waals surface area contributed by atoms with E-state index in [1.807, 2.05) is 63.2 Å². The zero-order valence-corrected chi connectivity index (χ0v) is 20.2. The summed E-state index contributed by atoms with van der Waals surface area (Å²) < 4.78 is 31.7. The van der Waals surface area contributed by atoms with E-state index in [2.05, 4.69) is 11.4 Å². The highest BCUT2D eigenvalue weighted by Crippen LogP contribution is 2.23. The molecule has 0 aliphatic rings. The quantitative estimate of drug-likeness (QED) is 0.503. The summed E-state index contributed by atoms with van der Waals surface area (Å²) >= 11 is 0. The summed E-state index contributed by atoms with van der Waals surface area (Å²) in [5.74, 6) is 0.237. The fraction of sp³-hybridized carbons (Fsp3) is 0.269. The van der Waals surface area contributed by atoms with Crippen molar-refractivity contribution in [2.75, 3.05) is 17.1 Å². The molecule has 0 fully saturated rings. The molecular weight excluding hydrogens is 436 g/mol. The van der Waals surface area contributed by atoms with Crippen molar-refractivity contribution in [3.63, 3.8) is 0 Å². The lowest BCUT2D eigenvalue weighted by Crippen LogP contribution is -2.41. The lowest BCUT2D eigenvalue weighted by Gasteiger charge is -2.24. The number of amides is 1. The minimum absolute atomic E-state index is 0.242. The number of rotatable bonds is 9. The molecular formula is C26H30N2O4S. The SMILES string of the molecule is Cc1ccc(C(C)NC(=O)CN(c2ccc(OCc3ccccc3)cc2)S(C)(=O)=O)c(C)c1. The highest BCUT2D eigenvalue weighted by Gasteiger charge is 2.22. The van der Waals surface area contributed by atoms with E-state index in [-0.39, 0.29) is 18.5 Å². The number of sulfonamides is 1. The zero-order valence-electron chi connectivity index (χ0n) is 19.4. The van der Waals surface area contributed by atoms with Crippen LogP contribution >= 0.6 is 0 Å². The van der Waals surface area contributed by atoms with Gasteiger partial charge in [0.1, 0.15) is 18.9 Å². The second kappa shape index (κ2) is 10.5. The van der Waals surface area contributed by atoms with E-state index < -0.39 is 10.0 Å². The van der Waals surface area contributed by atoms with Crippen molar-refractivity contribution in [3.05, 3.63) is 95.1 Å². The van der Waals surface area contributed by atoms with Crippen molar-refractivity contribution >= 4 is 21.6 Å². The third kappa shape index (κ3) is 6.83. The number of benzene rings is 3. The summed E-state index contributed by atoms with van der Waals surface area (Å²) in [6, 6.07) is 22.2. The topological polar surface area (TPSA) is 75.7 Å². The molecule has 7 heteroatoms. The fourth-order valence-electron chi connectivity index (χ4n) is 3.66. The van der Waals surface area contributed by atoms with Gasteiger partial charge in [-0.2, -0.15) is 0 Å². The van der Waals surface area contributed by atoms with Crippen LogP contribution in [-0.2, 0) is 21.4 Å². The van der Waals surface area contributed by atoms with Crippen LogP contribution in [0.2, 0.25) is 0 Å². The number of nitrogens with zero attached hydrogens (tertiary/aromatic N) is 1. The molecule has 0 bridgehead atoms. The summed E-state index contributed by atoms with van der Waals surface area (Å²) in [6.45, 7) is 6.00. The molecule has 174 valence electrons.